The van der Waals surface area contributed by atoms with E-state index in [2.05, 4.69) is 12.2 Å². The van der Waals surface area contributed by atoms with Crippen LogP contribution >= 0.6 is 0 Å². The Morgan fingerprint density at radius 2 is 1.79 bits per heavy atom. The Balaban J connectivity index is 1.89. The SMILES string of the molecule is C[C@@H]1CCCC[C@@H]1NC(=O)[C@@H](C)OC(=O)c1ccc(N(C)C)cc1. The van der Waals surface area contributed by atoms with Crippen molar-refractivity contribution in [2.45, 2.75) is 51.7 Å². The quantitative estimate of drug-likeness (QED) is 0.842. The summed E-state index contributed by atoms with van der Waals surface area (Å²) in [5.41, 5.74) is 1.45. The standard InChI is InChI=1S/C19H28N2O3/c1-13-7-5-6-8-17(13)20-18(22)14(2)24-19(23)15-9-11-16(12-10-15)21(3)4/h9-14,17H,5-8H2,1-4H3,(H,20,22)/t13-,14-,17+/m1/s1. The highest BCUT2D eigenvalue weighted by atomic mass is 16.5. The highest BCUT2D eigenvalue weighted by molar-refractivity contribution is 5.92. The van der Waals surface area contributed by atoms with Gasteiger partial charge in [-0.2, -0.15) is 0 Å². The maximum Gasteiger partial charge on any atom is 0.338 e. The molecule has 0 bridgehead atoms. The normalized spacial score (nSPS) is 21.7. The van der Waals surface area contributed by atoms with Gasteiger partial charge in [0.05, 0.1) is 5.56 Å². The number of nitrogens with zero attached hydrogens (tertiary/aromatic N) is 1. The lowest BCUT2D eigenvalue weighted by atomic mass is 9.86. The zero-order chi connectivity index (χ0) is 17.7. The lowest BCUT2D eigenvalue weighted by Crippen LogP contribution is -2.45. The van der Waals surface area contributed by atoms with E-state index in [1.165, 1.54) is 6.42 Å². The predicted octanol–water partition coefficient (Wildman–Crippen LogP) is 2.99. The van der Waals surface area contributed by atoms with Crippen molar-refractivity contribution < 1.29 is 14.3 Å². The van der Waals surface area contributed by atoms with Crippen LogP contribution in [-0.4, -0.2) is 38.1 Å². The van der Waals surface area contributed by atoms with Gasteiger partial charge in [-0.05, 0) is 49.9 Å². The molecule has 0 saturated heterocycles. The minimum atomic E-state index is -0.792. The van der Waals surface area contributed by atoms with E-state index in [0.29, 0.717) is 11.5 Å². The lowest BCUT2D eigenvalue weighted by molar-refractivity contribution is -0.130. The topological polar surface area (TPSA) is 58.6 Å². The lowest BCUT2D eigenvalue weighted by Gasteiger charge is -2.30. The van der Waals surface area contributed by atoms with E-state index < -0.39 is 12.1 Å². The van der Waals surface area contributed by atoms with Gasteiger partial charge in [0.1, 0.15) is 0 Å². The van der Waals surface area contributed by atoms with E-state index in [0.717, 1.165) is 24.9 Å². The van der Waals surface area contributed by atoms with E-state index >= 15 is 0 Å². The molecule has 132 valence electrons. The van der Waals surface area contributed by atoms with Crippen LogP contribution < -0.4 is 10.2 Å². The molecule has 0 spiro atoms. The molecule has 1 amide bonds. The van der Waals surface area contributed by atoms with Gasteiger partial charge in [-0.25, -0.2) is 4.79 Å². The summed E-state index contributed by atoms with van der Waals surface area (Å²) < 4.78 is 5.31. The van der Waals surface area contributed by atoms with Crippen LogP contribution in [0.1, 0.15) is 49.9 Å². The van der Waals surface area contributed by atoms with E-state index in [1.54, 1.807) is 19.1 Å². The van der Waals surface area contributed by atoms with Gasteiger partial charge in [-0.1, -0.05) is 19.8 Å². The van der Waals surface area contributed by atoms with Gasteiger partial charge in [0.25, 0.3) is 5.91 Å². The molecule has 5 heteroatoms. The molecule has 1 aliphatic rings. The first-order chi connectivity index (χ1) is 11.4. The number of carbonyl (C=O) groups excluding carboxylic acids is 2. The average molecular weight is 332 g/mol. The minimum absolute atomic E-state index is 0.187. The molecule has 1 aromatic carbocycles. The zero-order valence-electron chi connectivity index (χ0n) is 15.0. The minimum Gasteiger partial charge on any atom is -0.449 e. The number of anilines is 1. The van der Waals surface area contributed by atoms with Crippen LogP contribution in [0.25, 0.3) is 0 Å². The number of nitrogens with one attached hydrogen (secondary N) is 1. The van der Waals surface area contributed by atoms with Crippen molar-refractivity contribution in [3.8, 4) is 0 Å². The van der Waals surface area contributed by atoms with E-state index in [-0.39, 0.29) is 11.9 Å². The average Bonchev–Trinajstić information content (AvgIpc) is 2.56. The number of rotatable bonds is 5. The fraction of sp³-hybridized carbons (Fsp3) is 0.579. The zero-order valence-corrected chi connectivity index (χ0v) is 15.0. The van der Waals surface area contributed by atoms with Crippen molar-refractivity contribution in [1.29, 1.82) is 0 Å². The van der Waals surface area contributed by atoms with E-state index in [9.17, 15) is 9.59 Å². The number of benzene rings is 1. The van der Waals surface area contributed by atoms with Gasteiger partial charge in [0.15, 0.2) is 6.10 Å². The van der Waals surface area contributed by atoms with Crippen molar-refractivity contribution in [3.63, 3.8) is 0 Å². The molecule has 2 rings (SSSR count). The summed E-state index contributed by atoms with van der Waals surface area (Å²) >= 11 is 0. The van der Waals surface area contributed by atoms with E-state index in [1.807, 2.05) is 31.1 Å². The summed E-state index contributed by atoms with van der Waals surface area (Å²) in [5.74, 6) is -0.212. The van der Waals surface area contributed by atoms with E-state index in [4.69, 9.17) is 4.74 Å². The van der Waals surface area contributed by atoms with Crippen LogP contribution in [0.4, 0.5) is 5.69 Å². The highest BCUT2D eigenvalue weighted by Gasteiger charge is 2.26. The smallest absolute Gasteiger partial charge is 0.338 e. The summed E-state index contributed by atoms with van der Waals surface area (Å²) in [6.45, 7) is 3.78. The van der Waals surface area contributed by atoms with Crippen LogP contribution in [-0.2, 0) is 9.53 Å². The molecular weight excluding hydrogens is 304 g/mol. The Labute approximate surface area is 144 Å². The molecule has 24 heavy (non-hydrogen) atoms. The second kappa shape index (κ2) is 8.18. The molecule has 1 N–H and O–H groups in total. The third kappa shape index (κ3) is 4.73. The molecule has 1 saturated carbocycles. The maximum absolute atomic E-state index is 12.3. The summed E-state index contributed by atoms with van der Waals surface area (Å²) in [7, 11) is 3.87. The van der Waals surface area contributed by atoms with Crippen molar-refractivity contribution >= 4 is 17.6 Å². The largest absolute Gasteiger partial charge is 0.449 e. The molecule has 0 radical (unpaired) electrons. The molecule has 1 aromatic rings. The Morgan fingerprint density at radius 1 is 1.17 bits per heavy atom. The third-order valence-electron chi connectivity index (χ3n) is 4.71. The number of hydrogen-bond acceptors (Lipinski definition) is 4. The predicted molar refractivity (Wildman–Crippen MR) is 95.2 cm³/mol. The summed E-state index contributed by atoms with van der Waals surface area (Å²) in [5, 5.41) is 3.03. The highest BCUT2D eigenvalue weighted by Crippen LogP contribution is 2.23. The maximum atomic E-state index is 12.3. The van der Waals surface area contributed by atoms with Crippen LogP contribution in [0.5, 0.6) is 0 Å². The molecule has 3 atom stereocenters. The number of ether oxygens (including phenoxy) is 1. The van der Waals surface area contributed by atoms with Gasteiger partial charge in [0.2, 0.25) is 0 Å². The van der Waals surface area contributed by atoms with Crippen LogP contribution in [0, 0.1) is 5.92 Å². The van der Waals surface area contributed by atoms with Crippen LogP contribution in [0.3, 0.4) is 0 Å². The van der Waals surface area contributed by atoms with Gasteiger partial charge in [-0.15, -0.1) is 0 Å². The van der Waals surface area contributed by atoms with Gasteiger partial charge >= 0.3 is 5.97 Å². The van der Waals surface area contributed by atoms with Crippen molar-refractivity contribution in [2.75, 3.05) is 19.0 Å². The molecule has 1 fully saturated rings. The van der Waals surface area contributed by atoms with Crippen molar-refractivity contribution in [1.82, 2.24) is 5.32 Å². The number of carbonyl (C=O) groups is 2. The number of hydrogen-bond donors (Lipinski definition) is 1. The molecule has 0 unspecified atom stereocenters. The number of esters is 1. The Hall–Kier alpha value is -2.04. The second-order valence-electron chi connectivity index (χ2n) is 6.87. The molecular formula is C19H28N2O3. The van der Waals surface area contributed by atoms with Gasteiger partial charge < -0.3 is 15.0 Å². The first-order valence-corrected chi connectivity index (χ1v) is 8.67. The summed E-state index contributed by atoms with van der Waals surface area (Å²) in [6.07, 6.45) is 3.71. The van der Waals surface area contributed by atoms with Gasteiger partial charge in [-0.3, -0.25) is 4.79 Å². The van der Waals surface area contributed by atoms with Crippen molar-refractivity contribution in [2.24, 2.45) is 5.92 Å². The fourth-order valence-electron chi connectivity index (χ4n) is 3.01. The first kappa shape index (κ1) is 18.3. The molecule has 0 aromatic heterocycles. The molecule has 5 nitrogen and oxygen atoms in total. The first-order valence-electron chi connectivity index (χ1n) is 8.67. The van der Waals surface area contributed by atoms with Gasteiger partial charge in [0, 0.05) is 25.8 Å². The second-order valence-corrected chi connectivity index (χ2v) is 6.87. The fourth-order valence-corrected chi connectivity index (χ4v) is 3.01. The Kier molecular flexibility index (Phi) is 6.23. The Bertz CT molecular complexity index is 568. The molecule has 0 heterocycles. The monoisotopic (exact) mass is 332 g/mol. The summed E-state index contributed by atoms with van der Waals surface area (Å²) in [6, 6.07) is 7.32. The van der Waals surface area contributed by atoms with Crippen LogP contribution in [0.15, 0.2) is 24.3 Å². The molecule has 1 aliphatic carbocycles. The van der Waals surface area contributed by atoms with Crippen LogP contribution in [0.2, 0.25) is 0 Å². The summed E-state index contributed by atoms with van der Waals surface area (Å²) in [4.78, 5) is 26.4. The molecule has 0 aliphatic heterocycles. The Morgan fingerprint density at radius 3 is 2.38 bits per heavy atom. The third-order valence-corrected chi connectivity index (χ3v) is 4.71. The number of amides is 1. The van der Waals surface area contributed by atoms with Crippen molar-refractivity contribution in [3.05, 3.63) is 29.8 Å².